The van der Waals surface area contributed by atoms with E-state index in [-0.39, 0.29) is 79.1 Å². The smallest absolute Gasteiger partial charge is 0.415 e. The van der Waals surface area contributed by atoms with Gasteiger partial charge in [0.05, 0.1) is 31.7 Å². The molecule has 6 aromatic carbocycles. The molecule has 0 saturated carbocycles. The van der Waals surface area contributed by atoms with Crippen molar-refractivity contribution in [1.82, 2.24) is 102 Å². The van der Waals surface area contributed by atoms with Crippen LogP contribution in [0.3, 0.4) is 0 Å². The number of nitrogens with one attached hydrogen (secondary N) is 2. The normalized spacial score (nSPS) is 11.1. The molecule has 10 rings (SSSR count). The van der Waals surface area contributed by atoms with E-state index in [1.165, 1.54) is 31.7 Å². The number of anilines is 2. The molecule has 654 valence electrons. The van der Waals surface area contributed by atoms with Crippen LogP contribution >= 0.6 is 0 Å². The third kappa shape index (κ3) is 34.8. The predicted molar refractivity (Wildman–Crippen MR) is 464 cm³/mol. The molecule has 0 aliphatic carbocycles. The number of carboxylic acids is 1. The Morgan fingerprint density at radius 1 is 0.341 bits per heavy atom. The third-order valence-electron chi connectivity index (χ3n) is 15.5. The van der Waals surface area contributed by atoms with Gasteiger partial charge in [-0.2, -0.15) is 0 Å². The zero-order chi connectivity index (χ0) is 91.8. The maximum Gasteiger partial charge on any atom is 0.415 e. The molecule has 0 saturated heterocycles. The van der Waals surface area contributed by atoms with E-state index in [1.54, 1.807) is 171 Å². The van der Waals surface area contributed by atoms with Gasteiger partial charge >= 0.3 is 30.3 Å². The summed E-state index contributed by atoms with van der Waals surface area (Å²) in [4.78, 5) is 103. The Morgan fingerprint density at radius 3 is 0.967 bits per heavy atom. The Labute approximate surface area is 718 Å². The van der Waals surface area contributed by atoms with Gasteiger partial charge < -0.3 is 44.5 Å². The van der Waals surface area contributed by atoms with Gasteiger partial charge in [0.2, 0.25) is 23.3 Å². The van der Waals surface area contributed by atoms with E-state index < -0.39 is 63.7 Å². The number of carbonyl (C=O) groups excluding carboxylic acids is 7. The van der Waals surface area contributed by atoms with E-state index in [2.05, 4.69) is 92.2 Å². The number of hydrogen-bond acceptors (Lipinski definition) is 28. The number of carboxylic acid groups (broad SMARTS) is 1. The lowest BCUT2D eigenvalue weighted by Gasteiger charge is -2.27. The zero-order valence-electron chi connectivity index (χ0n) is 74.8. The summed E-state index contributed by atoms with van der Waals surface area (Å²) in [5, 5.41) is 79.5. The monoisotopic (exact) mass is 1690 g/mol. The largest absolute Gasteiger partial charge is 0.478 e. The first-order valence-electron chi connectivity index (χ1n) is 39.6. The van der Waals surface area contributed by atoms with Crippen LogP contribution in [0, 0.1) is 5.41 Å². The highest BCUT2D eigenvalue weighted by atomic mass is 16.6. The van der Waals surface area contributed by atoms with Crippen molar-refractivity contribution in [3.63, 3.8) is 0 Å². The molecule has 0 aliphatic heterocycles. The Balaban J connectivity index is 0.000000290. The first-order chi connectivity index (χ1) is 57.7. The average molecular weight is 1690 g/mol. The van der Waals surface area contributed by atoms with E-state index in [0.29, 0.717) is 56.9 Å². The molecule has 123 heavy (non-hydrogen) atoms. The molecule has 0 radical (unpaired) electrons. The van der Waals surface area contributed by atoms with Gasteiger partial charge in [-0.15, -0.1) is 81.6 Å². The molecular weight excluding hydrogens is 1570 g/mol. The van der Waals surface area contributed by atoms with Crippen molar-refractivity contribution in [3.8, 4) is 45.6 Å². The van der Waals surface area contributed by atoms with Crippen LogP contribution < -0.4 is 20.4 Å². The first-order valence-corrected chi connectivity index (χ1v) is 39.6. The second kappa shape index (κ2) is 45.6. The van der Waals surface area contributed by atoms with Gasteiger partial charge in [0.25, 0.3) is 11.8 Å². The van der Waals surface area contributed by atoms with Crippen molar-refractivity contribution in [2.24, 2.45) is 5.41 Å². The number of carbonyl (C=O) groups is 8. The van der Waals surface area contributed by atoms with Crippen molar-refractivity contribution in [3.05, 3.63) is 203 Å². The average Bonchev–Trinajstić information content (AvgIpc) is 0.817. The second-order valence-corrected chi connectivity index (χ2v) is 32.9. The van der Waals surface area contributed by atoms with Gasteiger partial charge in [-0.1, -0.05) is 152 Å². The molecule has 35 nitrogen and oxygen atoms in total. The van der Waals surface area contributed by atoms with E-state index in [9.17, 15) is 38.4 Å². The summed E-state index contributed by atoms with van der Waals surface area (Å²) in [7, 11) is 4.72. The molecule has 4 heterocycles. The van der Waals surface area contributed by atoms with Crippen LogP contribution in [0.1, 0.15) is 212 Å². The zero-order valence-corrected chi connectivity index (χ0v) is 74.8. The van der Waals surface area contributed by atoms with Crippen molar-refractivity contribution < 1.29 is 62.4 Å². The lowest BCUT2D eigenvalue weighted by molar-refractivity contribution is -0.125. The fourth-order valence-electron chi connectivity index (χ4n) is 9.75. The molecule has 35 heteroatoms. The molecule has 0 fully saturated rings. The number of nitrogens with zero attached hydrogens (tertiary/aromatic N) is 20. The van der Waals surface area contributed by atoms with E-state index >= 15 is 0 Å². The van der Waals surface area contributed by atoms with Crippen LogP contribution in [0.15, 0.2) is 158 Å². The van der Waals surface area contributed by atoms with Crippen LogP contribution in [0.5, 0.6) is 0 Å². The third-order valence-corrected chi connectivity index (χ3v) is 15.5. The molecule has 0 bridgehead atoms. The number of aromatic carboxylic acids is 1. The molecule has 0 atom stereocenters. The number of benzene rings is 6. The van der Waals surface area contributed by atoms with E-state index in [4.69, 9.17) is 24.1 Å². The standard InChI is InChI=1S/C26H31N5O3.C25H30N6O3.C17H22N6O3.C16H19N5O4.2C2H6/c1-25(2,3)21(32)16-18-11-10-14-20(15-18)31(24(33)34-26(4,5)6)17-22-27-29-23(30-28-22)19-12-8-7-9-13-19;1-24(2,3)26-22(32)18-13-10-14-19(15-18)31(23(33)34-25(4,5)6)16-20-27-29-21(30-28-20)17-11-8-7-9-12-17;1-17(2,3)26-16(25)23(5)10-13-19-21-14(22-20-13)11-6-8-12(9-7-11)15(24)18-4;1-16(2,3)25-15(24)21(4)9-12-17-19-13(20-18-12)10-5-7-11(8-6-10)14(22)23;2*1-2/h7-15H,16-17H2,1-6H3;7-15H,16H2,1-6H3,(H,26,32);6-9H,10H2,1-5H3,(H,18,24);5-8H,9H2,1-4H3,(H,22,23);2*1-2H3. The Kier molecular flexibility index (Phi) is 37.0. The fraction of sp³-hybridized carbons (Fsp3) is 0.409. The molecule has 10 aromatic rings. The summed E-state index contributed by atoms with van der Waals surface area (Å²) < 4.78 is 21.7. The predicted octanol–water partition coefficient (Wildman–Crippen LogP) is 15.1. The van der Waals surface area contributed by atoms with Crippen LogP contribution in [-0.2, 0) is 56.3 Å². The highest BCUT2D eigenvalue weighted by Gasteiger charge is 2.30. The first kappa shape index (κ1) is 99.8. The van der Waals surface area contributed by atoms with Gasteiger partial charge in [-0.05, 0) is 164 Å². The van der Waals surface area contributed by atoms with Crippen molar-refractivity contribution in [1.29, 1.82) is 0 Å². The Bertz CT molecular complexity index is 5060. The molecule has 6 amide bonds. The lowest BCUT2D eigenvalue weighted by atomic mass is 9.87. The second-order valence-electron chi connectivity index (χ2n) is 32.9. The van der Waals surface area contributed by atoms with Gasteiger partial charge in [-0.3, -0.25) is 24.2 Å². The highest BCUT2D eigenvalue weighted by molar-refractivity contribution is 5.97. The van der Waals surface area contributed by atoms with Crippen molar-refractivity contribution >= 4 is 59.3 Å². The number of ether oxygens (including phenoxy) is 4. The van der Waals surface area contributed by atoms with Gasteiger partial charge in [-0.25, -0.2) is 24.0 Å². The SMILES string of the molecule is CC.CC.CC(C)(C)NC(=O)c1cccc(N(Cc2nnc(-c3ccccc3)nn2)C(=O)OC(C)(C)C)c1.CC(C)(C)OC(=O)N(Cc1nnc(-c2ccccc2)nn1)c1cccc(CC(=O)C(C)(C)C)c1.CN(Cc1nnc(-c2ccc(C(=O)O)cc2)nn1)C(=O)OC(C)(C)C.CNC(=O)c1ccc(-c2nnc(CN(C)C(=O)OC(C)(C)C)nn2)cc1. The summed E-state index contributed by atoms with van der Waals surface area (Å²) in [5.74, 6) is 1.12. The Hall–Kier alpha value is -13.8. The number of aromatic nitrogens is 16. The fourth-order valence-corrected chi connectivity index (χ4v) is 9.75. The molecule has 0 aliphatic rings. The maximum absolute atomic E-state index is 13.1. The van der Waals surface area contributed by atoms with Gasteiger partial charge in [0.15, 0.2) is 23.3 Å². The molecule has 4 aromatic heterocycles. The lowest BCUT2D eigenvalue weighted by Crippen LogP contribution is -2.41. The summed E-state index contributed by atoms with van der Waals surface area (Å²) in [6.07, 6.45) is -1.86. The number of rotatable bonds is 19. The minimum absolute atomic E-state index is 0.0145. The quantitative estimate of drug-likeness (QED) is 0.0633. The minimum atomic E-state index is -1.01. The topological polar surface area (TPSA) is 437 Å². The van der Waals surface area contributed by atoms with Crippen LogP contribution in [0.25, 0.3) is 45.6 Å². The van der Waals surface area contributed by atoms with Gasteiger partial charge in [0, 0.05) is 83.3 Å². The summed E-state index contributed by atoms with van der Waals surface area (Å²) >= 11 is 0. The van der Waals surface area contributed by atoms with Crippen molar-refractivity contribution in [2.75, 3.05) is 30.9 Å². The van der Waals surface area contributed by atoms with Gasteiger partial charge in [0.1, 0.15) is 28.2 Å². The van der Waals surface area contributed by atoms with Crippen LogP contribution in [0.4, 0.5) is 30.6 Å². The van der Waals surface area contributed by atoms with Crippen LogP contribution in [-0.4, -0.2) is 194 Å². The number of Topliss-reactive ketones (excluding diaryl/α,β-unsaturated/α-hetero) is 1. The summed E-state index contributed by atoms with van der Waals surface area (Å²) in [6.45, 7) is 41.1. The Morgan fingerprint density at radius 2 is 0.650 bits per heavy atom. The molecule has 0 spiro atoms. The highest BCUT2D eigenvalue weighted by Crippen LogP contribution is 2.27. The molecule has 3 N–H and O–H groups in total. The number of amides is 6. The molecular formula is C88H114N22O13. The van der Waals surface area contributed by atoms with E-state index in [0.717, 1.165) is 16.7 Å². The number of hydrogen-bond donors (Lipinski definition) is 3. The maximum atomic E-state index is 13.1. The van der Waals surface area contributed by atoms with Crippen LogP contribution in [0.2, 0.25) is 0 Å². The summed E-state index contributed by atoms with van der Waals surface area (Å²) in [6, 6.07) is 45.6. The number of ketones is 1. The van der Waals surface area contributed by atoms with Crippen molar-refractivity contribution in [2.45, 2.75) is 213 Å². The minimum Gasteiger partial charge on any atom is -0.478 e. The molecule has 0 unspecified atom stereocenters. The van der Waals surface area contributed by atoms with E-state index in [1.807, 2.05) is 148 Å². The summed E-state index contributed by atoms with van der Waals surface area (Å²) in [5.41, 5.74) is 2.41.